The lowest BCUT2D eigenvalue weighted by molar-refractivity contribution is 0.898. The zero-order valence-electron chi connectivity index (χ0n) is 7.63. The number of para-hydroxylation sites is 1. The Labute approximate surface area is 83.6 Å². The number of anilines is 1. The number of nitrogens with zero attached hydrogens (tertiary/aromatic N) is 1. The molecular formula is C11H12ClN. The molecule has 0 aliphatic carbocycles. The molecule has 0 aromatic heterocycles. The van der Waals surface area contributed by atoms with Gasteiger partial charge in [0.15, 0.2) is 0 Å². The maximum absolute atomic E-state index is 6.10. The molecule has 1 heterocycles. The summed E-state index contributed by atoms with van der Waals surface area (Å²) in [7, 11) is 0. The molecule has 0 N–H and O–H groups in total. The summed E-state index contributed by atoms with van der Waals surface area (Å²) in [5.41, 5.74) is 2.40. The van der Waals surface area contributed by atoms with Crippen molar-refractivity contribution in [3.05, 3.63) is 35.9 Å². The van der Waals surface area contributed by atoms with Crippen LogP contribution in [0.2, 0.25) is 0 Å². The third kappa shape index (κ3) is 1.44. The van der Waals surface area contributed by atoms with Crippen molar-refractivity contribution in [1.29, 1.82) is 0 Å². The van der Waals surface area contributed by atoms with E-state index in [0.29, 0.717) is 0 Å². The van der Waals surface area contributed by atoms with Crippen molar-refractivity contribution in [2.24, 2.45) is 0 Å². The molecule has 0 fully saturated rings. The number of rotatable bonds is 1. The van der Waals surface area contributed by atoms with Gasteiger partial charge in [-0.2, -0.15) is 0 Å². The van der Waals surface area contributed by atoms with Crippen molar-refractivity contribution in [2.75, 3.05) is 18.0 Å². The molecule has 2 heteroatoms. The Kier molecular flexibility index (Phi) is 2.28. The van der Waals surface area contributed by atoms with Gasteiger partial charge in [0.25, 0.3) is 0 Å². The highest BCUT2D eigenvalue weighted by molar-refractivity contribution is 6.49. The largest absolute Gasteiger partial charge is 0.367 e. The average molecular weight is 194 g/mol. The van der Waals surface area contributed by atoms with E-state index in [-0.39, 0.29) is 0 Å². The van der Waals surface area contributed by atoms with Gasteiger partial charge in [0.1, 0.15) is 0 Å². The van der Waals surface area contributed by atoms with Crippen LogP contribution in [0.5, 0.6) is 0 Å². The Morgan fingerprint density at radius 1 is 1.38 bits per heavy atom. The highest BCUT2D eigenvalue weighted by atomic mass is 35.5. The van der Waals surface area contributed by atoms with E-state index < -0.39 is 0 Å². The van der Waals surface area contributed by atoms with Crippen LogP contribution in [-0.4, -0.2) is 13.1 Å². The monoisotopic (exact) mass is 193 g/mol. The third-order valence-electron chi connectivity index (χ3n) is 2.37. The van der Waals surface area contributed by atoms with Crippen LogP contribution >= 0.6 is 11.6 Å². The topological polar surface area (TPSA) is 3.24 Å². The van der Waals surface area contributed by atoms with Crippen LogP contribution in [0, 0.1) is 0 Å². The molecule has 1 aliphatic heterocycles. The first-order valence-corrected chi connectivity index (χ1v) is 4.90. The summed E-state index contributed by atoms with van der Waals surface area (Å²) in [6.45, 7) is 4.11. The van der Waals surface area contributed by atoms with Gasteiger partial charge in [-0.3, -0.25) is 0 Å². The number of halogens is 1. The number of likely N-dealkylation sites (N-methyl/N-ethyl adjacent to an activating group) is 1. The molecule has 2 rings (SSSR count). The van der Waals surface area contributed by atoms with Crippen LogP contribution < -0.4 is 4.90 Å². The van der Waals surface area contributed by atoms with E-state index in [9.17, 15) is 0 Å². The molecule has 0 amide bonds. The Balaban J connectivity index is 2.50. The van der Waals surface area contributed by atoms with Crippen LogP contribution in [0.1, 0.15) is 12.5 Å². The van der Waals surface area contributed by atoms with Crippen LogP contribution in [0.4, 0.5) is 5.69 Å². The molecule has 1 aromatic carbocycles. The molecule has 0 unspecified atom stereocenters. The van der Waals surface area contributed by atoms with Gasteiger partial charge >= 0.3 is 0 Å². The number of hydrogen-bond donors (Lipinski definition) is 0. The molecular weight excluding hydrogens is 182 g/mol. The Morgan fingerprint density at radius 3 is 2.92 bits per heavy atom. The predicted octanol–water partition coefficient (Wildman–Crippen LogP) is 3.11. The van der Waals surface area contributed by atoms with Crippen molar-refractivity contribution >= 4 is 22.3 Å². The van der Waals surface area contributed by atoms with Crippen LogP contribution in [0.25, 0.3) is 5.03 Å². The zero-order chi connectivity index (χ0) is 9.26. The normalized spacial score (nSPS) is 15.2. The predicted molar refractivity (Wildman–Crippen MR) is 58.2 cm³/mol. The minimum atomic E-state index is 0.875. The van der Waals surface area contributed by atoms with E-state index in [1.807, 2.05) is 6.07 Å². The standard InChI is InChI=1S/C11H12ClN/c1-2-13-8-7-10(12)9-5-3-4-6-11(9)13/h3-7H,2,8H2,1H3. The van der Waals surface area contributed by atoms with Crippen molar-refractivity contribution in [1.82, 2.24) is 0 Å². The van der Waals surface area contributed by atoms with Gasteiger partial charge in [-0.25, -0.2) is 0 Å². The van der Waals surface area contributed by atoms with Gasteiger partial charge in [0.05, 0.1) is 0 Å². The van der Waals surface area contributed by atoms with Gasteiger partial charge in [0, 0.05) is 29.4 Å². The van der Waals surface area contributed by atoms with E-state index >= 15 is 0 Å². The molecule has 68 valence electrons. The zero-order valence-corrected chi connectivity index (χ0v) is 8.38. The van der Waals surface area contributed by atoms with Gasteiger partial charge in [0.2, 0.25) is 0 Å². The summed E-state index contributed by atoms with van der Waals surface area (Å²) in [5.74, 6) is 0. The van der Waals surface area contributed by atoms with Gasteiger partial charge in [-0.15, -0.1) is 0 Å². The maximum Gasteiger partial charge on any atom is 0.0476 e. The summed E-state index contributed by atoms with van der Waals surface area (Å²) >= 11 is 6.10. The van der Waals surface area contributed by atoms with Crippen molar-refractivity contribution in [3.63, 3.8) is 0 Å². The highest BCUT2D eigenvalue weighted by Crippen LogP contribution is 2.32. The van der Waals surface area contributed by atoms with E-state index in [1.165, 1.54) is 5.69 Å². The first kappa shape index (κ1) is 8.64. The van der Waals surface area contributed by atoms with Crippen LogP contribution in [-0.2, 0) is 0 Å². The van der Waals surface area contributed by atoms with E-state index in [2.05, 4.69) is 36.1 Å². The molecule has 1 aliphatic rings. The van der Waals surface area contributed by atoms with Gasteiger partial charge in [-0.1, -0.05) is 29.8 Å². The minimum absolute atomic E-state index is 0.875. The van der Waals surface area contributed by atoms with E-state index in [0.717, 1.165) is 23.7 Å². The summed E-state index contributed by atoms with van der Waals surface area (Å²) < 4.78 is 0. The molecule has 0 atom stereocenters. The Bertz CT molecular complexity index is 344. The van der Waals surface area contributed by atoms with E-state index in [1.54, 1.807) is 0 Å². The Morgan fingerprint density at radius 2 is 2.15 bits per heavy atom. The SMILES string of the molecule is CCN1CC=C(Cl)c2ccccc21. The smallest absolute Gasteiger partial charge is 0.0476 e. The lowest BCUT2D eigenvalue weighted by atomic mass is 10.1. The molecule has 0 saturated carbocycles. The maximum atomic E-state index is 6.10. The molecule has 1 nitrogen and oxygen atoms in total. The second-order valence-corrected chi connectivity index (χ2v) is 3.52. The fraction of sp³-hybridized carbons (Fsp3) is 0.273. The molecule has 1 aromatic rings. The van der Waals surface area contributed by atoms with Gasteiger partial charge in [-0.05, 0) is 19.1 Å². The molecule has 0 spiro atoms. The molecule has 0 radical (unpaired) electrons. The van der Waals surface area contributed by atoms with Gasteiger partial charge < -0.3 is 4.90 Å². The summed E-state index contributed by atoms with van der Waals surface area (Å²) in [5, 5.41) is 0.875. The molecule has 0 bridgehead atoms. The number of fused-ring (bicyclic) bond motifs is 1. The summed E-state index contributed by atoms with van der Waals surface area (Å²) in [6, 6.07) is 8.26. The van der Waals surface area contributed by atoms with E-state index in [4.69, 9.17) is 11.6 Å². The Hall–Kier alpha value is -0.950. The second-order valence-electron chi connectivity index (χ2n) is 3.11. The van der Waals surface area contributed by atoms with Crippen molar-refractivity contribution in [3.8, 4) is 0 Å². The fourth-order valence-electron chi connectivity index (χ4n) is 1.65. The highest BCUT2D eigenvalue weighted by Gasteiger charge is 2.14. The third-order valence-corrected chi connectivity index (χ3v) is 2.73. The van der Waals surface area contributed by atoms with Crippen molar-refractivity contribution in [2.45, 2.75) is 6.92 Å². The summed E-state index contributed by atoms with van der Waals surface area (Å²) in [6.07, 6.45) is 2.06. The minimum Gasteiger partial charge on any atom is -0.367 e. The summed E-state index contributed by atoms with van der Waals surface area (Å²) in [4.78, 5) is 2.31. The number of hydrogen-bond acceptors (Lipinski definition) is 1. The van der Waals surface area contributed by atoms with Crippen LogP contribution in [0.15, 0.2) is 30.3 Å². The second kappa shape index (κ2) is 3.43. The fourth-order valence-corrected chi connectivity index (χ4v) is 1.88. The average Bonchev–Trinajstić information content (AvgIpc) is 2.19. The first-order valence-electron chi connectivity index (χ1n) is 4.53. The lowest BCUT2D eigenvalue weighted by Gasteiger charge is -2.27. The first-order chi connectivity index (χ1) is 6.33. The van der Waals surface area contributed by atoms with Crippen molar-refractivity contribution < 1.29 is 0 Å². The quantitative estimate of drug-likeness (QED) is 0.663. The lowest BCUT2D eigenvalue weighted by Crippen LogP contribution is -2.25. The number of benzene rings is 1. The molecule has 0 saturated heterocycles. The molecule has 13 heavy (non-hydrogen) atoms. The van der Waals surface area contributed by atoms with Crippen LogP contribution in [0.3, 0.4) is 0 Å².